The molecule has 0 aliphatic rings. The molecule has 2 aromatic carbocycles. The minimum absolute atomic E-state index is 0.556. The molecule has 0 spiro atoms. The zero-order valence-electron chi connectivity index (χ0n) is 13.5. The molecule has 0 radical (unpaired) electrons. The summed E-state index contributed by atoms with van der Waals surface area (Å²) in [6, 6.07) is 20.0. The monoisotopic (exact) mass is 339 g/mol. The van der Waals surface area contributed by atoms with Gasteiger partial charge in [-0.1, -0.05) is 6.07 Å². The summed E-state index contributed by atoms with van der Waals surface area (Å²) in [5.74, 6) is 1.45. The highest BCUT2D eigenvalue weighted by Crippen LogP contribution is 2.42. The van der Waals surface area contributed by atoms with Crippen LogP contribution in [0.15, 0.2) is 72.9 Å². The van der Waals surface area contributed by atoms with Crippen LogP contribution in [-0.2, 0) is 4.57 Å². The van der Waals surface area contributed by atoms with Crippen molar-refractivity contribution in [3.8, 4) is 11.5 Å². The summed E-state index contributed by atoms with van der Waals surface area (Å²) in [7, 11) is 0.157. The number of aromatic nitrogens is 1. The van der Waals surface area contributed by atoms with Gasteiger partial charge in [-0.15, -0.1) is 0 Å². The van der Waals surface area contributed by atoms with Crippen LogP contribution in [0.2, 0.25) is 0 Å². The zero-order chi connectivity index (χ0) is 17.0. The molecule has 0 saturated heterocycles. The third-order valence-corrected chi connectivity index (χ3v) is 6.80. The van der Waals surface area contributed by atoms with Crippen molar-refractivity contribution in [1.29, 1.82) is 0 Å². The summed E-state index contributed by atoms with van der Waals surface area (Å²) in [6.45, 7) is 0. The van der Waals surface area contributed by atoms with E-state index in [0.29, 0.717) is 16.0 Å². The molecule has 0 saturated carbocycles. The molecule has 24 heavy (non-hydrogen) atoms. The molecule has 0 N–H and O–H groups in total. The van der Waals surface area contributed by atoms with E-state index in [-0.39, 0.29) is 0 Å². The van der Waals surface area contributed by atoms with E-state index >= 15 is 0 Å². The van der Waals surface area contributed by atoms with Gasteiger partial charge < -0.3 is 14.0 Å². The van der Waals surface area contributed by atoms with Crippen molar-refractivity contribution in [3.63, 3.8) is 0 Å². The summed E-state index contributed by atoms with van der Waals surface area (Å²) in [4.78, 5) is 4.36. The van der Waals surface area contributed by atoms with Crippen molar-refractivity contribution in [2.45, 2.75) is 0 Å². The van der Waals surface area contributed by atoms with Crippen LogP contribution >= 0.6 is 7.14 Å². The standard InChI is InChI=1S/C19H18NO3P/c1-22-15-6-10-17(11-7-15)24(21,19-5-3-4-14-20-19)18-12-8-16(23-2)9-13-18/h3-14H,1-2H3. The highest BCUT2D eigenvalue weighted by molar-refractivity contribution is 7.85. The molecule has 0 aliphatic carbocycles. The van der Waals surface area contributed by atoms with Crippen molar-refractivity contribution in [3.05, 3.63) is 72.9 Å². The lowest BCUT2D eigenvalue weighted by atomic mass is 10.3. The molecule has 4 nitrogen and oxygen atoms in total. The highest BCUT2D eigenvalue weighted by atomic mass is 31.2. The summed E-state index contributed by atoms with van der Waals surface area (Å²) in [5.41, 5.74) is 0.556. The van der Waals surface area contributed by atoms with Crippen LogP contribution in [-0.4, -0.2) is 19.2 Å². The normalized spacial score (nSPS) is 11.1. The molecule has 1 aromatic heterocycles. The zero-order valence-corrected chi connectivity index (χ0v) is 14.4. The van der Waals surface area contributed by atoms with Gasteiger partial charge >= 0.3 is 0 Å². The number of hydrogen-bond donors (Lipinski definition) is 0. The number of ether oxygens (including phenoxy) is 2. The maximum atomic E-state index is 14.1. The average molecular weight is 339 g/mol. The first kappa shape index (κ1) is 16.3. The van der Waals surface area contributed by atoms with Gasteiger partial charge in [0, 0.05) is 16.8 Å². The Labute approximate surface area is 141 Å². The maximum absolute atomic E-state index is 14.1. The second-order valence-corrected chi connectivity index (χ2v) is 7.90. The SMILES string of the molecule is COc1ccc(P(=O)(c2ccc(OC)cc2)c2ccccn2)cc1. The fraction of sp³-hybridized carbons (Fsp3) is 0.105. The van der Waals surface area contributed by atoms with E-state index in [2.05, 4.69) is 4.98 Å². The van der Waals surface area contributed by atoms with Crippen LogP contribution in [0.4, 0.5) is 0 Å². The van der Waals surface area contributed by atoms with E-state index in [1.807, 2.05) is 60.7 Å². The van der Waals surface area contributed by atoms with Crippen LogP contribution in [0.25, 0.3) is 0 Å². The largest absolute Gasteiger partial charge is 0.497 e. The summed E-state index contributed by atoms with van der Waals surface area (Å²) < 4.78 is 24.5. The molecular formula is C19H18NO3P. The van der Waals surface area contributed by atoms with Gasteiger partial charge in [-0.25, -0.2) is 0 Å². The van der Waals surface area contributed by atoms with Crippen LogP contribution in [0.1, 0.15) is 0 Å². The first-order valence-electron chi connectivity index (χ1n) is 7.49. The van der Waals surface area contributed by atoms with Gasteiger partial charge in [0.15, 0.2) is 7.14 Å². The second-order valence-electron chi connectivity index (χ2n) is 5.19. The van der Waals surface area contributed by atoms with Gasteiger partial charge in [-0.2, -0.15) is 0 Å². The number of nitrogens with zero attached hydrogens (tertiary/aromatic N) is 1. The maximum Gasteiger partial charge on any atom is 0.188 e. The first-order chi connectivity index (χ1) is 11.7. The van der Waals surface area contributed by atoms with Gasteiger partial charge in [0.05, 0.1) is 14.2 Å². The molecule has 5 heteroatoms. The quantitative estimate of drug-likeness (QED) is 0.671. The Bertz CT molecular complexity index is 795. The number of benzene rings is 2. The van der Waals surface area contributed by atoms with E-state index in [1.165, 1.54) is 0 Å². The van der Waals surface area contributed by atoms with Crippen molar-refractivity contribution < 1.29 is 14.0 Å². The molecule has 3 rings (SSSR count). The van der Waals surface area contributed by atoms with Gasteiger partial charge in [0.2, 0.25) is 0 Å². The smallest absolute Gasteiger partial charge is 0.188 e. The molecule has 0 atom stereocenters. The molecular weight excluding hydrogens is 321 g/mol. The Balaban J connectivity index is 2.18. The predicted octanol–water partition coefficient (Wildman–Crippen LogP) is 2.74. The summed E-state index contributed by atoms with van der Waals surface area (Å²) in [6.07, 6.45) is 1.66. The van der Waals surface area contributed by atoms with Crippen molar-refractivity contribution in [2.75, 3.05) is 14.2 Å². The third kappa shape index (κ3) is 2.93. The average Bonchev–Trinajstić information content (AvgIpc) is 2.68. The van der Waals surface area contributed by atoms with Crippen LogP contribution in [0.5, 0.6) is 11.5 Å². The molecule has 0 fully saturated rings. The first-order valence-corrected chi connectivity index (χ1v) is 9.20. The number of methoxy groups -OCH3 is 2. The number of rotatable bonds is 5. The predicted molar refractivity (Wildman–Crippen MR) is 96.7 cm³/mol. The summed E-state index contributed by atoms with van der Waals surface area (Å²) >= 11 is 0. The Morgan fingerprint density at radius 2 is 1.25 bits per heavy atom. The van der Waals surface area contributed by atoms with Crippen LogP contribution in [0, 0.1) is 0 Å². The van der Waals surface area contributed by atoms with Gasteiger partial charge in [-0.3, -0.25) is 4.98 Å². The van der Waals surface area contributed by atoms with E-state index in [9.17, 15) is 4.57 Å². The van der Waals surface area contributed by atoms with E-state index in [1.54, 1.807) is 26.5 Å². The Hall–Kier alpha value is -2.58. The van der Waals surface area contributed by atoms with Crippen LogP contribution < -0.4 is 25.5 Å². The highest BCUT2D eigenvalue weighted by Gasteiger charge is 2.31. The minimum atomic E-state index is -3.06. The van der Waals surface area contributed by atoms with Crippen molar-refractivity contribution >= 4 is 23.2 Å². The van der Waals surface area contributed by atoms with E-state index < -0.39 is 7.14 Å². The fourth-order valence-electron chi connectivity index (χ4n) is 2.54. The molecule has 0 unspecified atom stereocenters. The topological polar surface area (TPSA) is 48.4 Å². The van der Waals surface area contributed by atoms with Gasteiger partial charge in [-0.05, 0) is 60.7 Å². The van der Waals surface area contributed by atoms with E-state index in [0.717, 1.165) is 11.5 Å². The lowest BCUT2D eigenvalue weighted by molar-refractivity contribution is 0.415. The lowest BCUT2D eigenvalue weighted by Gasteiger charge is -2.19. The molecule has 0 bridgehead atoms. The summed E-state index contributed by atoms with van der Waals surface area (Å²) in [5, 5.41) is 1.43. The minimum Gasteiger partial charge on any atom is -0.497 e. The number of pyridine rings is 1. The number of hydrogen-bond acceptors (Lipinski definition) is 4. The van der Waals surface area contributed by atoms with Crippen molar-refractivity contribution in [1.82, 2.24) is 4.98 Å². The second kappa shape index (κ2) is 6.90. The molecule has 1 heterocycles. The van der Waals surface area contributed by atoms with Crippen molar-refractivity contribution in [2.24, 2.45) is 0 Å². The molecule has 0 aliphatic heterocycles. The molecule has 3 aromatic rings. The molecule has 122 valence electrons. The molecule has 0 amide bonds. The Kier molecular flexibility index (Phi) is 4.68. The van der Waals surface area contributed by atoms with Crippen LogP contribution in [0.3, 0.4) is 0 Å². The lowest BCUT2D eigenvalue weighted by Crippen LogP contribution is -2.26. The third-order valence-electron chi connectivity index (χ3n) is 3.84. The fourth-order valence-corrected chi connectivity index (χ4v) is 5.03. The van der Waals surface area contributed by atoms with E-state index in [4.69, 9.17) is 9.47 Å². The Morgan fingerprint density at radius 1 is 0.750 bits per heavy atom. The Morgan fingerprint density at radius 3 is 1.62 bits per heavy atom. The van der Waals surface area contributed by atoms with Gasteiger partial charge in [0.1, 0.15) is 16.9 Å². The van der Waals surface area contributed by atoms with Gasteiger partial charge in [0.25, 0.3) is 0 Å².